The van der Waals surface area contributed by atoms with Gasteiger partial charge in [-0.3, -0.25) is 9.69 Å². The smallest absolute Gasteiger partial charge is 0.218 e. The van der Waals surface area contributed by atoms with Crippen LogP contribution in [0.2, 0.25) is 0 Å². The zero-order chi connectivity index (χ0) is 12.4. The Morgan fingerprint density at radius 1 is 1.41 bits per heavy atom. The first kappa shape index (κ1) is 12.8. The Kier molecular flexibility index (Phi) is 4.05. The molecule has 0 aromatic rings. The number of hydrogen-bond acceptors (Lipinski definition) is 3. The van der Waals surface area contributed by atoms with E-state index in [1.54, 1.807) is 0 Å². The molecule has 0 radical (unpaired) electrons. The van der Waals surface area contributed by atoms with Crippen LogP contribution in [0.1, 0.15) is 45.4 Å². The van der Waals surface area contributed by atoms with Crippen molar-refractivity contribution in [1.29, 1.82) is 0 Å². The van der Waals surface area contributed by atoms with Crippen molar-refractivity contribution in [3.8, 4) is 0 Å². The summed E-state index contributed by atoms with van der Waals surface area (Å²) in [5.41, 5.74) is 5.33. The Balaban J connectivity index is 2.04. The quantitative estimate of drug-likeness (QED) is 0.765. The fourth-order valence-corrected chi connectivity index (χ4v) is 3.77. The van der Waals surface area contributed by atoms with Gasteiger partial charge in [-0.25, -0.2) is 0 Å². The predicted octanol–water partition coefficient (Wildman–Crippen LogP) is 0.855. The standard InChI is InChI=1S/C13H25N3O/c1-9(6-13(14)17)16-11-4-3-5-12(16)8-10(7-11)15-2/h9-12,15H,3-8H2,1-2H3,(H2,14,17). The molecule has 17 heavy (non-hydrogen) atoms. The molecule has 3 unspecified atom stereocenters. The first-order valence-electron chi connectivity index (χ1n) is 6.84. The van der Waals surface area contributed by atoms with Gasteiger partial charge in [-0.15, -0.1) is 0 Å². The first-order valence-corrected chi connectivity index (χ1v) is 6.84. The third-order valence-corrected chi connectivity index (χ3v) is 4.44. The largest absolute Gasteiger partial charge is 0.370 e. The van der Waals surface area contributed by atoms with Crippen LogP contribution in [-0.2, 0) is 4.79 Å². The Morgan fingerprint density at radius 3 is 2.47 bits per heavy atom. The van der Waals surface area contributed by atoms with Crippen molar-refractivity contribution in [2.75, 3.05) is 7.05 Å². The number of carbonyl (C=O) groups is 1. The number of hydrogen-bond donors (Lipinski definition) is 2. The number of amides is 1. The summed E-state index contributed by atoms with van der Waals surface area (Å²) in [7, 11) is 2.06. The minimum absolute atomic E-state index is 0.175. The van der Waals surface area contributed by atoms with Gasteiger partial charge in [-0.2, -0.15) is 0 Å². The van der Waals surface area contributed by atoms with Crippen LogP contribution in [0, 0.1) is 0 Å². The Labute approximate surface area is 104 Å². The maximum Gasteiger partial charge on any atom is 0.218 e. The van der Waals surface area contributed by atoms with E-state index in [9.17, 15) is 4.79 Å². The molecule has 2 bridgehead atoms. The van der Waals surface area contributed by atoms with E-state index < -0.39 is 0 Å². The van der Waals surface area contributed by atoms with E-state index in [1.165, 1.54) is 32.1 Å². The zero-order valence-corrected chi connectivity index (χ0v) is 11.0. The van der Waals surface area contributed by atoms with E-state index in [0.29, 0.717) is 30.6 Å². The van der Waals surface area contributed by atoms with E-state index in [4.69, 9.17) is 5.73 Å². The summed E-state index contributed by atoms with van der Waals surface area (Å²) >= 11 is 0. The second-order valence-electron chi connectivity index (χ2n) is 5.66. The molecule has 0 aromatic heterocycles. The number of primary amides is 1. The highest BCUT2D eigenvalue weighted by Crippen LogP contribution is 2.35. The molecular weight excluding hydrogens is 214 g/mol. The summed E-state index contributed by atoms with van der Waals surface area (Å²) in [5.74, 6) is -0.175. The minimum Gasteiger partial charge on any atom is -0.370 e. The number of piperidine rings is 2. The molecule has 0 spiro atoms. The molecule has 2 aliphatic rings. The van der Waals surface area contributed by atoms with Gasteiger partial charge in [-0.05, 0) is 39.7 Å². The lowest BCUT2D eigenvalue weighted by Crippen LogP contribution is -2.59. The molecule has 98 valence electrons. The molecule has 2 aliphatic heterocycles. The Hall–Kier alpha value is -0.610. The van der Waals surface area contributed by atoms with Crippen LogP contribution >= 0.6 is 0 Å². The van der Waals surface area contributed by atoms with Crippen molar-refractivity contribution in [3.05, 3.63) is 0 Å². The summed E-state index contributed by atoms with van der Waals surface area (Å²) < 4.78 is 0. The van der Waals surface area contributed by atoms with E-state index in [2.05, 4.69) is 24.2 Å². The van der Waals surface area contributed by atoms with Gasteiger partial charge in [0.2, 0.25) is 5.91 Å². The number of nitrogens with one attached hydrogen (secondary N) is 1. The molecule has 2 fully saturated rings. The van der Waals surface area contributed by atoms with E-state index in [-0.39, 0.29) is 5.91 Å². The Morgan fingerprint density at radius 2 is 2.00 bits per heavy atom. The highest BCUT2D eigenvalue weighted by Gasteiger charge is 2.40. The maximum absolute atomic E-state index is 11.1. The van der Waals surface area contributed by atoms with Gasteiger partial charge in [0.1, 0.15) is 0 Å². The van der Waals surface area contributed by atoms with Crippen LogP contribution in [0.4, 0.5) is 0 Å². The average Bonchev–Trinajstić information content (AvgIpc) is 2.26. The number of nitrogens with two attached hydrogens (primary N) is 1. The van der Waals surface area contributed by atoms with Gasteiger partial charge < -0.3 is 11.1 Å². The molecule has 0 aliphatic carbocycles. The lowest BCUT2D eigenvalue weighted by molar-refractivity contribution is -0.120. The molecule has 2 saturated heterocycles. The summed E-state index contributed by atoms with van der Waals surface area (Å²) in [6.45, 7) is 2.15. The molecule has 3 N–H and O–H groups in total. The second-order valence-corrected chi connectivity index (χ2v) is 5.66. The van der Waals surface area contributed by atoms with Crippen LogP contribution in [-0.4, -0.2) is 42.0 Å². The van der Waals surface area contributed by atoms with Crippen molar-refractivity contribution in [2.24, 2.45) is 5.73 Å². The summed E-state index contributed by atoms with van der Waals surface area (Å²) in [4.78, 5) is 13.6. The van der Waals surface area contributed by atoms with Gasteiger partial charge >= 0.3 is 0 Å². The molecule has 0 saturated carbocycles. The summed E-state index contributed by atoms with van der Waals surface area (Å²) in [5, 5.41) is 3.41. The summed E-state index contributed by atoms with van der Waals surface area (Å²) in [6, 6.07) is 2.26. The van der Waals surface area contributed by atoms with E-state index in [0.717, 1.165) is 0 Å². The van der Waals surface area contributed by atoms with Crippen molar-refractivity contribution in [3.63, 3.8) is 0 Å². The van der Waals surface area contributed by atoms with Gasteiger partial charge in [0, 0.05) is 30.6 Å². The molecule has 4 heteroatoms. The fraction of sp³-hybridized carbons (Fsp3) is 0.923. The van der Waals surface area contributed by atoms with Crippen molar-refractivity contribution in [2.45, 2.75) is 69.6 Å². The molecule has 3 atom stereocenters. The second kappa shape index (κ2) is 5.36. The summed E-state index contributed by atoms with van der Waals surface area (Å²) in [6.07, 6.45) is 6.82. The van der Waals surface area contributed by atoms with Gasteiger partial charge in [0.25, 0.3) is 0 Å². The Bertz CT molecular complexity index is 268. The molecular formula is C13H25N3O. The maximum atomic E-state index is 11.1. The lowest BCUT2D eigenvalue weighted by atomic mass is 9.80. The topological polar surface area (TPSA) is 58.4 Å². The van der Waals surface area contributed by atoms with Gasteiger partial charge in [-0.1, -0.05) is 6.42 Å². The fourth-order valence-electron chi connectivity index (χ4n) is 3.77. The molecule has 4 nitrogen and oxygen atoms in total. The van der Waals surface area contributed by atoms with Gasteiger partial charge in [0.05, 0.1) is 0 Å². The zero-order valence-electron chi connectivity index (χ0n) is 11.0. The normalized spacial score (nSPS) is 35.5. The number of nitrogens with zero attached hydrogens (tertiary/aromatic N) is 1. The third-order valence-electron chi connectivity index (χ3n) is 4.44. The molecule has 1 amide bonds. The first-order chi connectivity index (χ1) is 8.11. The highest BCUT2D eigenvalue weighted by molar-refractivity contribution is 5.74. The molecule has 0 aromatic carbocycles. The monoisotopic (exact) mass is 239 g/mol. The third kappa shape index (κ3) is 2.80. The van der Waals surface area contributed by atoms with Crippen molar-refractivity contribution in [1.82, 2.24) is 10.2 Å². The van der Waals surface area contributed by atoms with Crippen molar-refractivity contribution >= 4 is 5.91 Å². The predicted molar refractivity (Wildman–Crippen MR) is 68.6 cm³/mol. The van der Waals surface area contributed by atoms with Crippen LogP contribution in [0.15, 0.2) is 0 Å². The molecule has 2 heterocycles. The van der Waals surface area contributed by atoms with Crippen LogP contribution < -0.4 is 11.1 Å². The van der Waals surface area contributed by atoms with E-state index in [1.807, 2.05) is 0 Å². The number of rotatable bonds is 4. The van der Waals surface area contributed by atoms with E-state index >= 15 is 0 Å². The number of fused-ring (bicyclic) bond motifs is 2. The molecule has 2 rings (SSSR count). The highest BCUT2D eigenvalue weighted by atomic mass is 16.1. The van der Waals surface area contributed by atoms with Crippen LogP contribution in [0.5, 0.6) is 0 Å². The minimum atomic E-state index is -0.175. The SMILES string of the molecule is CNC1CC2CCCC(C1)N2C(C)CC(N)=O. The van der Waals surface area contributed by atoms with Crippen LogP contribution in [0.3, 0.4) is 0 Å². The van der Waals surface area contributed by atoms with Gasteiger partial charge in [0.15, 0.2) is 0 Å². The van der Waals surface area contributed by atoms with Crippen molar-refractivity contribution < 1.29 is 4.79 Å². The average molecular weight is 239 g/mol. The number of carbonyl (C=O) groups excluding carboxylic acids is 1. The van der Waals surface area contributed by atoms with Crippen LogP contribution in [0.25, 0.3) is 0 Å². The lowest BCUT2D eigenvalue weighted by Gasteiger charge is -2.51.